The van der Waals surface area contributed by atoms with Crippen molar-refractivity contribution in [3.63, 3.8) is 0 Å². The lowest BCUT2D eigenvalue weighted by molar-refractivity contribution is 0.102. The normalized spacial score (nSPS) is 10.5. The summed E-state index contributed by atoms with van der Waals surface area (Å²) in [6.45, 7) is 3.97. The number of hydrogen-bond acceptors (Lipinski definition) is 4. The average molecular weight is 354 g/mol. The monoisotopic (exact) mass is 354 g/mol. The van der Waals surface area contributed by atoms with Crippen molar-refractivity contribution in [3.8, 4) is 0 Å². The lowest BCUT2D eigenvalue weighted by atomic mass is 10.1. The second-order valence-electron chi connectivity index (χ2n) is 5.81. The molecular formula is C19H16F2N4O. The zero-order valence-corrected chi connectivity index (χ0v) is 14.2. The number of rotatable bonds is 4. The zero-order valence-electron chi connectivity index (χ0n) is 14.2. The molecule has 0 unspecified atom stereocenters. The molecule has 0 bridgehead atoms. The van der Waals surface area contributed by atoms with E-state index in [4.69, 9.17) is 0 Å². The van der Waals surface area contributed by atoms with E-state index < -0.39 is 17.5 Å². The predicted molar refractivity (Wildman–Crippen MR) is 95.5 cm³/mol. The Bertz CT molecular complexity index is 976. The van der Waals surface area contributed by atoms with Crippen molar-refractivity contribution in [2.45, 2.75) is 13.8 Å². The van der Waals surface area contributed by atoms with Gasteiger partial charge in [0.2, 0.25) is 0 Å². The molecule has 3 aromatic rings. The summed E-state index contributed by atoms with van der Waals surface area (Å²) >= 11 is 0. The molecule has 0 aliphatic carbocycles. The quantitative estimate of drug-likeness (QED) is 0.730. The third kappa shape index (κ3) is 4.00. The summed E-state index contributed by atoms with van der Waals surface area (Å²) in [5.74, 6) is -2.13. The van der Waals surface area contributed by atoms with Crippen molar-refractivity contribution in [2.24, 2.45) is 0 Å². The highest BCUT2D eigenvalue weighted by Crippen LogP contribution is 2.21. The van der Waals surface area contributed by atoms with Crippen LogP contribution in [0.25, 0.3) is 0 Å². The van der Waals surface area contributed by atoms with Gasteiger partial charge in [-0.25, -0.2) is 18.7 Å². The molecular weight excluding hydrogens is 338 g/mol. The molecule has 0 spiro atoms. The van der Waals surface area contributed by atoms with E-state index >= 15 is 0 Å². The first kappa shape index (κ1) is 17.5. The second-order valence-corrected chi connectivity index (χ2v) is 5.81. The topological polar surface area (TPSA) is 66.9 Å². The number of carbonyl (C=O) groups is 1. The molecule has 3 rings (SSSR count). The van der Waals surface area contributed by atoms with Crippen LogP contribution in [0.15, 0.2) is 48.8 Å². The zero-order chi connectivity index (χ0) is 18.7. The molecule has 1 aromatic heterocycles. The van der Waals surface area contributed by atoms with E-state index in [1.54, 1.807) is 0 Å². The Labute approximate surface area is 149 Å². The maximum Gasteiger partial charge on any atom is 0.274 e. The predicted octanol–water partition coefficient (Wildman–Crippen LogP) is 4.37. The van der Waals surface area contributed by atoms with E-state index in [9.17, 15) is 13.6 Å². The first-order chi connectivity index (χ1) is 12.4. The number of hydrogen-bond donors (Lipinski definition) is 2. The summed E-state index contributed by atoms with van der Waals surface area (Å²) in [5.41, 5.74) is 3.27. The Balaban J connectivity index is 1.77. The van der Waals surface area contributed by atoms with Gasteiger partial charge >= 0.3 is 0 Å². The number of carbonyl (C=O) groups excluding carboxylic acids is 1. The fourth-order valence-electron chi connectivity index (χ4n) is 2.41. The maximum absolute atomic E-state index is 13.2. The summed E-state index contributed by atoms with van der Waals surface area (Å²) in [6.07, 6.45) is 1.26. The number of amides is 1. The molecule has 7 heteroatoms. The molecule has 0 saturated carbocycles. The highest BCUT2D eigenvalue weighted by Gasteiger charge is 2.11. The molecule has 0 aliphatic heterocycles. The molecule has 1 amide bonds. The van der Waals surface area contributed by atoms with E-state index in [2.05, 4.69) is 20.6 Å². The minimum Gasteiger partial charge on any atom is -0.340 e. The Hall–Kier alpha value is -3.35. The fourth-order valence-corrected chi connectivity index (χ4v) is 2.41. The summed E-state index contributed by atoms with van der Waals surface area (Å²) in [6, 6.07) is 10.5. The van der Waals surface area contributed by atoms with Crippen molar-refractivity contribution >= 4 is 23.1 Å². The van der Waals surface area contributed by atoms with Crippen LogP contribution in [0.5, 0.6) is 0 Å². The van der Waals surface area contributed by atoms with Gasteiger partial charge in [-0.15, -0.1) is 0 Å². The first-order valence-electron chi connectivity index (χ1n) is 7.85. The smallest absolute Gasteiger partial charge is 0.274 e. The van der Waals surface area contributed by atoms with Gasteiger partial charge in [0.25, 0.3) is 5.91 Å². The van der Waals surface area contributed by atoms with E-state index in [1.165, 1.54) is 18.5 Å². The number of aromatic nitrogens is 2. The first-order valence-corrected chi connectivity index (χ1v) is 7.85. The van der Waals surface area contributed by atoms with E-state index in [-0.39, 0.29) is 11.4 Å². The lowest BCUT2D eigenvalue weighted by Crippen LogP contribution is -2.14. The summed E-state index contributed by atoms with van der Waals surface area (Å²) in [4.78, 5) is 20.3. The molecule has 2 aromatic carbocycles. The fraction of sp³-hybridized carbons (Fsp3) is 0.105. The van der Waals surface area contributed by atoms with Crippen LogP contribution in [-0.4, -0.2) is 15.9 Å². The van der Waals surface area contributed by atoms with E-state index in [1.807, 2.05) is 32.0 Å². The van der Waals surface area contributed by atoms with Gasteiger partial charge in [-0.05, 0) is 37.6 Å². The van der Waals surface area contributed by atoms with Crippen LogP contribution in [0.1, 0.15) is 21.6 Å². The molecule has 0 saturated heterocycles. The molecule has 5 nitrogen and oxygen atoms in total. The number of nitrogens with one attached hydrogen (secondary N) is 2. The Kier molecular flexibility index (Phi) is 4.88. The minimum absolute atomic E-state index is 0.0944. The van der Waals surface area contributed by atoms with Crippen LogP contribution in [0.3, 0.4) is 0 Å². The Morgan fingerprint density at radius 2 is 1.77 bits per heavy atom. The van der Waals surface area contributed by atoms with Crippen LogP contribution < -0.4 is 10.6 Å². The van der Waals surface area contributed by atoms with Gasteiger partial charge in [-0.1, -0.05) is 17.7 Å². The SMILES string of the molecule is Cc1ccc(Nc2cc(C(=O)Nc3ccc(F)c(F)c3)ncn2)c(C)c1. The highest BCUT2D eigenvalue weighted by molar-refractivity contribution is 6.03. The second kappa shape index (κ2) is 7.26. The van der Waals surface area contributed by atoms with E-state index in [0.717, 1.165) is 28.9 Å². The van der Waals surface area contributed by atoms with Gasteiger partial charge in [0.1, 0.15) is 17.8 Å². The number of benzene rings is 2. The molecule has 132 valence electrons. The summed E-state index contributed by atoms with van der Waals surface area (Å²) < 4.78 is 26.2. The van der Waals surface area contributed by atoms with Gasteiger partial charge < -0.3 is 10.6 Å². The average Bonchev–Trinajstić information content (AvgIpc) is 2.61. The van der Waals surface area contributed by atoms with Crippen molar-refractivity contribution < 1.29 is 13.6 Å². The third-order valence-corrected chi connectivity index (χ3v) is 3.72. The Morgan fingerprint density at radius 3 is 2.50 bits per heavy atom. The molecule has 1 heterocycles. The van der Waals surface area contributed by atoms with Crippen LogP contribution in [0.2, 0.25) is 0 Å². The van der Waals surface area contributed by atoms with Gasteiger partial charge in [-0.3, -0.25) is 4.79 Å². The Morgan fingerprint density at radius 1 is 0.962 bits per heavy atom. The minimum atomic E-state index is -1.04. The van der Waals surface area contributed by atoms with Crippen molar-refractivity contribution in [1.82, 2.24) is 9.97 Å². The van der Waals surface area contributed by atoms with Crippen molar-refractivity contribution in [3.05, 3.63) is 77.2 Å². The number of anilines is 3. The van der Waals surface area contributed by atoms with Gasteiger partial charge in [0, 0.05) is 23.5 Å². The van der Waals surface area contributed by atoms with Crippen molar-refractivity contribution in [2.75, 3.05) is 10.6 Å². The van der Waals surface area contributed by atoms with E-state index in [0.29, 0.717) is 5.82 Å². The maximum atomic E-state index is 13.2. The van der Waals surface area contributed by atoms with Crippen molar-refractivity contribution in [1.29, 1.82) is 0 Å². The standard InChI is InChI=1S/C19H16F2N4O/c1-11-3-6-16(12(2)7-11)25-18-9-17(22-10-23-18)19(26)24-13-4-5-14(20)15(21)8-13/h3-10H,1-2H3,(H,24,26)(H,22,23,25). The highest BCUT2D eigenvalue weighted by atomic mass is 19.2. The van der Waals surface area contributed by atoms with Gasteiger partial charge in [-0.2, -0.15) is 0 Å². The lowest BCUT2D eigenvalue weighted by Gasteiger charge is -2.10. The van der Waals surface area contributed by atoms with Crippen LogP contribution in [0.4, 0.5) is 26.0 Å². The molecule has 2 N–H and O–H groups in total. The number of nitrogens with zero attached hydrogens (tertiary/aromatic N) is 2. The molecule has 0 atom stereocenters. The molecule has 0 aliphatic rings. The number of aryl methyl sites for hydroxylation is 2. The van der Waals surface area contributed by atoms with Crippen LogP contribution in [-0.2, 0) is 0 Å². The molecule has 0 fully saturated rings. The third-order valence-electron chi connectivity index (χ3n) is 3.72. The number of halogens is 2. The molecule has 26 heavy (non-hydrogen) atoms. The molecule has 0 radical (unpaired) electrons. The summed E-state index contributed by atoms with van der Waals surface area (Å²) in [5, 5.41) is 5.61. The van der Waals surface area contributed by atoms with Crippen LogP contribution >= 0.6 is 0 Å². The largest absolute Gasteiger partial charge is 0.340 e. The summed E-state index contributed by atoms with van der Waals surface area (Å²) in [7, 11) is 0. The van der Waals surface area contributed by atoms with Gasteiger partial charge in [0.15, 0.2) is 11.6 Å². The van der Waals surface area contributed by atoms with Gasteiger partial charge in [0.05, 0.1) is 0 Å². The van der Waals surface area contributed by atoms with Crippen LogP contribution in [0, 0.1) is 25.5 Å².